The van der Waals surface area contributed by atoms with Crippen molar-refractivity contribution in [2.45, 2.75) is 31.8 Å². The van der Waals surface area contributed by atoms with Gasteiger partial charge in [0.05, 0.1) is 12.1 Å². The summed E-state index contributed by atoms with van der Waals surface area (Å²) < 4.78 is 0. The molecule has 1 heterocycles. The van der Waals surface area contributed by atoms with Gasteiger partial charge >= 0.3 is 0 Å². The van der Waals surface area contributed by atoms with Crippen LogP contribution in [-0.4, -0.2) is 51.1 Å². The molecule has 0 aromatic carbocycles. The van der Waals surface area contributed by atoms with E-state index < -0.39 is 18.4 Å². The number of carbonyl (C=O) groups excluding carboxylic acids is 1. The summed E-state index contributed by atoms with van der Waals surface area (Å²) in [6.07, 6.45) is -1.97. The molecule has 0 aromatic heterocycles. The lowest BCUT2D eigenvalue weighted by Crippen LogP contribution is -2.41. The summed E-state index contributed by atoms with van der Waals surface area (Å²) in [4.78, 5) is 12.2. The van der Waals surface area contributed by atoms with Gasteiger partial charge in [-0.1, -0.05) is 0 Å². The molecule has 0 aliphatic carbocycles. The van der Waals surface area contributed by atoms with Gasteiger partial charge in [-0.25, -0.2) is 0 Å². The van der Waals surface area contributed by atoms with Crippen LogP contribution in [0.4, 0.5) is 0 Å². The number of nitrogens with zero attached hydrogens (tertiary/aromatic N) is 1. The number of likely N-dealkylation sites (tertiary alicyclic amines) is 1. The summed E-state index contributed by atoms with van der Waals surface area (Å²) >= 11 is 0. The minimum absolute atomic E-state index is 0.192. The maximum atomic E-state index is 10.9. The number of β-amino-alcohol motifs (C(OH)–C–C–N with tert-alkyl or cyclic N) is 1. The highest BCUT2D eigenvalue weighted by Crippen LogP contribution is 2.19. The standard InChI is InChI=1S/C7H13NO4/c1-4(9)8-3-5(10)2-6(8)7(11)12/h5-7,10-12H,2-3H2,1H3/t5?,6-/m0/s1. The lowest BCUT2D eigenvalue weighted by Gasteiger charge is -2.23. The highest BCUT2D eigenvalue weighted by Gasteiger charge is 2.36. The monoisotopic (exact) mass is 175 g/mol. The second-order valence-electron chi connectivity index (χ2n) is 3.04. The lowest BCUT2D eigenvalue weighted by molar-refractivity contribution is -0.140. The van der Waals surface area contributed by atoms with E-state index in [1.54, 1.807) is 0 Å². The van der Waals surface area contributed by atoms with Crippen molar-refractivity contribution in [3.63, 3.8) is 0 Å². The van der Waals surface area contributed by atoms with Gasteiger partial charge in [0.2, 0.25) is 5.91 Å². The van der Waals surface area contributed by atoms with Gasteiger partial charge in [-0.15, -0.1) is 0 Å². The molecule has 1 aliphatic rings. The SMILES string of the molecule is CC(=O)N1CC(O)C[C@H]1C(O)O. The molecule has 5 heteroatoms. The summed E-state index contributed by atoms with van der Waals surface area (Å²) in [6.45, 7) is 1.53. The Balaban J connectivity index is 2.65. The number of hydrogen-bond acceptors (Lipinski definition) is 4. The average molecular weight is 175 g/mol. The van der Waals surface area contributed by atoms with Crippen molar-refractivity contribution in [1.29, 1.82) is 0 Å². The van der Waals surface area contributed by atoms with Crippen LogP contribution < -0.4 is 0 Å². The molecule has 1 saturated heterocycles. The molecule has 0 radical (unpaired) electrons. The van der Waals surface area contributed by atoms with Crippen molar-refractivity contribution in [2.24, 2.45) is 0 Å². The number of rotatable bonds is 1. The normalized spacial score (nSPS) is 29.9. The third kappa shape index (κ3) is 1.74. The average Bonchev–Trinajstić information content (AvgIpc) is 2.31. The fraction of sp³-hybridized carbons (Fsp3) is 0.857. The van der Waals surface area contributed by atoms with Crippen LogP contribution in [0.5, 0.6) is 0 Å². The van der Waals surface area contributed by atoms with E-state index in [-0.39, 0.29) is 18.9 Å². The van der Waals surface area contributed by atoms with E-state index in [9.17, 15) is 4.79 Å². The molecule has 0 spiro atoms. The maximum absolute atomic E-state index is 10.9. The Kier molecular flexibility index (Phi) is 2.66. The fourth-order valence-corrected chi connectivity index (χ4v) is 1.49. The van der Waals surface area contributed by atoms with Crippen molar-refractivity contribution in [2.75, 3.05) is 6.54 Å². The highest BCUT2D eigenvalue weighted by molar-refractivity contribution is 5.74. The Labute approximate surface area is 70.2 Å². The third-order valence-corrected chi connectivity index (χ3v) is 2.07. The molecule has 1 aliphatic heterocycles. The Morgan fingerprint density at radius 3 is 2.50 bits per heavy atom. The molecule has 70 valence electrons. The molecule has 2 atom stereocenters. The van der Waals surface area contributed by atoms with E-state index >= 15 is 0 Å². The second kappa shape index (κ2) is 3.38. The van der Waals surface area contributed by atoms with E-state index in [1.165, 1.54) is 11.8 Å². The Morgan fingerprint density at radius 1 is 1.58 bits per heavy atom. The molecular weight excluding hydrogens is 162 g/mol. The van der Waals surface area contributed by atoms with E-state index in [4.69, 9.17) is 15.3 Å². The zero-order valence-electron chi connectivity index (χ0n) is 6.84. The fourth-order valence-electron chi connectivity index (χ4n) is 1.49. The zero-order chi connectivity index (χ0) is 9.30. The number of carbonyl (C=O) groups is 1. The van der Waals surface area contributed by atoms with Gasteiger partial charge in [0, 0.05) is 19.9 Å². The van der Waals surface area contributed by atoms with E-state index in [0.29, 0.717) is 0 Å². The molecule has 3 N–H and O–H groups in total. The lowest BCUT2D eigenvalue weighted by atomic mass is 10.2. The number of amides is 1. The zero-order valence-corrected chi connectivity index (χ0v) is 6.84. The largest absolute Gasteiger partial charge is 0.391 e. The number of aliphatic hydroxyl groups is 3. The first-order valence-corrected chi connectivity index (χ1v) is 3.83. The van der Waals surface area contributed by atoms with E-state index in [2.05, 4.69) is 0 Å². The molecule has 0 aromatic rings. The van der Waals surface area contributed by atoms with Crippen molar-refractivity contribution < 1.29 is 20.1 Å². The summed E-state index contributed by atoms with van der Waals surface area (Å²) in [5.74, 6) is -0.246. The quantitative estimate of drug-likeness (QED) is 0.414. The minimum Gasteiger partial charge on any atom is -0.391 e. The first-order valence-electron chi connectivity index (χ1n) is 3.83. The van der Waals surface area contributed by atoms with Gasteiger partial charge in [-0.2, -0.15) is 0 Å². The first kappa shape index (κ1) is 9.44. The van der Waals surface area contributed by atoms with Gasteiger partial charge < -0.3 is 20.2 Å². The molecule has 1 unspecified atom stereocenters. The molecule has 0 saturated carbocycles. The molecule has 1 rings (SSSR count). The van der Waals surface area contributed by atoms with Gasteiger partial charge in [0.1, 0.15) is 0 Å². The van der Waals surface area contributed by atoms with Crippen LogP contribution in [0.25, 0.3) is 0 Å². The Bertz CT molecular complexity index is 182. The Hall–Kier alpha value is -0.650. The van der Waals surface area contributed by atoms with Crippen molar-refractivity contribution in [3.05, 3.63) is 0 Å². The smallest absolute Gasteiger partial charge is 0.219 e. The summed E-state index contributed by atoms with van der Waals surface area (Å²) in [5.41, 5.74) is 0. The van der Waals surface area contributed by atoms with Gasteiger partial charge in [-0.3, -0.25) is 4.79 Å². The van der Waals surface area contributed by atoms with E-state index in [1.807, 2.05) is 0 Å². The van der Waals surface area contributed by atoms with Crippen LogP contribution >= 0.6 is 0 Å². The molecule has 5 nitrogen and oxygen atoms in total. The Morgan fingerprint density at radius 2 is 2.17 bits per heavy atom. The van der Waals surface area contributed by atoms with Crippen LogP contribution in [0, 0.1) is 0 Å². The maximum Gasteiger partial charge on any atom is 0.219 e. The van der Waals surface area contributed by atoms with Crippen molar-refractivity contribution in [3.8, 4) is 0 Å². The van der Waals surface area contributed by atoms with Gasteiger partial charge in [0.15, 0.2) is 6.29 Å². The third-order valence-electron chi connectivity index (χ3n) is 2.07. The molecule has 1 fully saturated rings. The topological polar surface area (TPSA) is 81.0 Å². The molecule has 1 amide bonds. The van der Waals surface area contributed by atoms with Crippen LogP contribution in [0.15, 0.2) is 0 Å². The second-order valence-corrected chi connectivity index (χ2v) is 3.04. The van der Waals surface area contributed by atoms with Crippen LogP contribution in [-0.2, 0) is 4.79 Å². The number of aliphatic hydroxyl groups excluding tert-OH is 2. The highest BCUT2D eigenvalue weighted by atomic mass is 16.5. The van der Waals surface area contributed by atoms with Crippen LogP contribution in [0.1, 0.15) is 13.3 Å². The molecular formula is C7H13NO4. The first-order chi connectivity index (χ1) is 5.52. The minimum atomic E-state index is -1.56. The van der Waals surface area contributed by atoms with Gasteiger partial charge in [0.25, 0.3) is 0 Å². The predicted molar refractivity (Wildman–Crippen MR) is 40.0 cm³/mol. The molecule has 0 bridgehead atoms. The molecule has 12 heavy (non-hydrogen) atoms. The number of hydrogen-bond donors (Lipinski definition) is 3. The van der Waals surface area contributed by atoms with Crippen LogP contribution in [0.2, 0.25) is 0 Å². The van der Waals surface area contributed by atoms with Gasteiger partial charge in [-0.05, 0) is 0 Å². The summed E-state index contributed by atoms with van der Waals surface area (Å²) in [5, 5.41) is 26.8. The van der Waals surface area contributed by atoms with Crippen molar-refractivity contribution >= 4 is 5.91 Å². The van der Waals surface area contributed by atoms with Crippen LogP contribution in [0.3, 0.4) is 0 Å². The van der Waals surface area contributed by atoms with E-state index in [0.717, 1.165) is 0 Å². The summed E-state index contributed by atoms with van der Waals surface area (Å²) in [7, 11) is 0. The predicted octanol–water partition coefficient (Wildman–Crippen LogP) is -1.72. The van der Waals surface area contributed by atoms with Crippen molar-refractivity contribution in [1.82, 2.24) is 4.90 Å². The summed E-state index contributed by atoms with van der Waals surface area (Å²) in [6, 6.07) is -0.655.